The van der Waals surface area contributed by atoms with Gasteiger partial charge in [-0.15, -0.1) is 0 Å². The summed E-state index contributed by atoms with van der Waals surface area (Å²) in [5, 5.41) is 7.15. The number of amides is 1. The van der Waals surface area contributed by atoms with Gasteiger partial charge in [0.15, 0.2) is 0 Å². The SMILES string of the molecule is CCNC(=O)CCNC(C)c1cc2cc(Br)ccc2o1. The van der Waals surface area contributed by atoms with E-state index in [9.17, 15) is 4.79 Å². The molecule has 1 aromatic carbocycles. The van der Waals surface area contributed by atoms with Gasteiger partial charge in [0.2, 0.25) is 5.91 Å². The highest BCUT2D eigenvalue weighted by Crippen LogP contribution is 2.26. The highest BCUT2D eigenvalue weighted by Gasteiger charge is 2.11. The van der Waals surface area contributed by atoms with Crippen molar-refractivity contribution in [1.29, 1.82) is 0 Å². The Bertz CT molecular complexity index is 595. The minimum Gasteiger partial charge on any atom is -0.459 e. The van der Waals surface area contributed by atoms with Crippen LogP contribution in [0.5, 0.6) is 0 Å². The molecule has 0 aliphatic heterocycles. The molecule has 2 aromatic rings. The van der Waals surface area contributed by atoms with Crippen molar-refractivity contribution >= 4 is 32.8 Å². The summed E-state index contributed by atoms with van der Waals surface area (Å²) in [5.74, 6) is 0.953. The van der Waals surface area contributed by atoms with E-state index < -0.39 is 0 Å². The first-order valence-corrected chi connectivity index (χ1v) is 7.58. The molecule has 0 aliphatic rings. The number of furan rings is 1. The van der Waals surface area contributed by atoms with E-state index >= 15 is 0 Å². The minimum atomic E-state index is 0.0701. The highest BCUT2D eigenvalue weighted by atomic mass is 79.9. The summed E-state index contributed by atoms with van der Waals surface area (Å²) in [6.07, 6.45) is 0.476. The van der Waals surface area contributed by atoms with E-state index in [0.717, 1.165) is 21.2 Å². The maximum atomic E-state index is 11.4. The van der Waals surface area contributed by atoms with E-state index in [0.29, 0.717) is 19.5 Å². The summed E-state index contributed by atoms with van der Waals surface area (Å²) < 4.78 is 6.84. The number of halogens is 1. The second kappa shape index (κ2) is 6.90. The van der Waals surface area contributed by atoms with Crippen LogP contribution in [0.1, 0.15) is 32.1 Å². The molecule has 2 rings (SSSR count). The first-order chi connectivity index (χ1) is 9.60. The lowest BCUT2D eigenvalue weighted by molar-refractivity contribution is -0.120. The molecule has 0 spiro atoms. The molecule has 1 atom stereocenters. The molecule has 108 valence electrons. The lowest BCUT2D eigenvalue weighted by Crippen LogP contribution is -2.28. The highest BCUT2D eigenvalue weighted by molar-refractivity contribution is 9.10. The van der Waals surface area contributed by atoms with Crippen LogP contribution in [0.3, 0.4) is 0 Å². The molecule has 0 saturated carbocycles. The molecule has 0 fully saturated rings. The number of hydrogen-bond donors (Lipinski definition) is 2. The zero-order valence-electron chi connectivity index (χ0n) is 11.7. The molecule has 0 bridgehead atoms. The van der Waals surface area contributed by atoms with E-state index in [-0.39, 0.29) is 11.9 Å². The normalized spacial score (nSPS) is 12.6. The lowest BCUT2D eigenvalue weighted by Gasteiger charge is -2.10. The maximum Gasteiger partial charge on any atom is 0.221 e. The van der Waals surface area contributed by atoms with E-state index in [1.807, 2.05) is 38.1 Å². The number of fused-ring (bicyclic) bond motifs is 1. The van der Waals surface area contributed by atoms with Gasteiger partial charge in [0.1, 0.15) is 11.3 Å². The summed E-state index contributed by atoms with van der Waals surface area (Å²) in [7, 11) is 0. The van der Waals surface area contributed by atoms with Crippen molar-refractivity contribution in [1.82, 2.24) is 10.6 Å². The summed E-state index contributed by atoms with van der Waals surface area (Å²) in [4.78, 5) is 11.4. The van der Waals surface area contributed by atoms with Gasteiger partial charge in [-0.3, -0.25) is 4.79 Å². The summed E-state index contributed by atoms with van der Waals surface area (Å²) in [6.45, 7) is 5.26. The van der Waals surface area contributed by atoms with Crippen molar-refractivity contribution in [3.05, 3.63) is 34.5 Å². The number of hydrogen-bond acceptors (Lipinski definition) is 3. The molecular formula is C15H19BrN2O2. The molecule has 1 unspecified atom stereocenters. The predicted molar refractivity (Wildman–Crippen MR) is 83.6 cm³/mol. The van der Waals surface area contributed by atoms with E-state index in [2.05, 4.69) is 26.6 Å². The number of nitrogens with one attached hydrogen (secondary N) is 2. The summed E-state index contributed by atoms with van der Waals surface area (Å²) >= 11 is 3.45. The van der Waals surface area contributed by atoms with Crippen molar-refractivity contribution in [3.63, 3.8) is 0 Å². The average molecular weight is 339 g/mol. The zero-order chi connectivity index (χ0) is 14.5. The Morgan fingerprint density at radius 3 is 2.95 bits per heavy atom. The van der Waals surface area contributed by atoms with Crippen LogP contribution in [-0.2, 0) is 4.79 Å². The van der Waals surface area contributed by atoms with Crippen molar-refractivity contribution < 1.29 is 9.21 Å². The Kier molecular flexibility index (Phi) is 5.20. The third-order valence-corrected chi connectivity index (χ3v) is 3.59. The van der Waals surface area contributed by atoms with Gasteiger partial charge in [0, 0.05) is 29.4 Å². The van der Waals surface area contributed by atoms with Crippen LogP contribution in [0.2, 0.25) is 0 Å². The van der Waals surface area contributed by atoms with Crippen LogP contribution >= 0.6 is 15.9 Å². The third-order valence-electron chi connectivity index (χ3n) is 3.10. The third kappa shape index (κ3) is 3.84. The molecule has 5 heteroatoms. The summed E-state index contributed by atoms with van der Waals surface area (Å²) in [5.41, 5.74) is 0.876. The Hall–Kier alpha value is -1.33. The van der Waals surface area contributed by atoms with E-state index in [4.69, 9.17) is 4.42 Å². The fourth-order valence-electron chi connectivity index (χ4n) is 2.04. The second-order valence-electron chi connectivity index (χ2n) is 4.71. The Balaban J connectivity index is 1.93. The van der Waals surface area contributed by atoms with Crippen molar-refractivity contribution in [2.75, 3.05) is 13.1 Å². The van der Waals surface area contributed by atoms with Gasteiger partial charge in [0.05, 0.1) is 6.04 Å². The van der Waals surface area contributed by atoms with Crippen molar-refractivity contribution in [3.8, 4) is 0 Å². The van der Waals surface area contributed by atoms with Gasteiger partial charge in [-0.05, 0) is 38.1 Å². The van der Waals surface area contributed by atoms with Crippen LogP contribution in [0.15, 0.2) is 33.2 Å². The second-order valence-corrected chi connectivity index (χ2v) is 5.63. The van der Waals surface area contributed by atoms with Gasteiger partial charge < -0.3 is 15.1 Å². The van der Waals surface area contributed by atoms with Gasteiger partial charge in [-0.1, -0.05) is 15.9 Å². The van der Waals surface area contributed by atoms with E-state index in [1.165, 1.54) is 0 Å². The monoisotopic (exact) mass is 338 g/mol. The van der Waals surface area contributed by atoms with Crippen molar-refractivity contribution in [2.45, 2.75) is 26.3 Å². The number of carbonyl (C=O) groups is 1. The number of benzene rings is 1. The molecule has 20 heavy (non-hydrogen) atoms. The van der Waals surface area contributed by atoms with Crippen LogP contribution in [0.4, 0.5) is 0 Å². The number of carbonyl (C=O) groups excluding carboxylic acids is 1. The Morgan fingerprint density at radius 1 is 1.40 bits per heavy atom. The molecule has 2 N–H and O–H groups in total. The molecule has 1 heterocycles. The predicted octanol–water partition coefficient (Wildman–Crippen LogP) is 3.37. The van der Waals surface area contributed by atoms with Gasteiger partial charge in [-0.25, -0.2) is 0 Å². The first-order valence-electron chi connectivity index (χ1n) is 6.79. The molecule has 4 nitrogen and oxygen atoms in total. The largest absolute Gasteiger partial charge is 0.459 e. The fraction of sp³-hybridized carbons (Fsp3) is 0.400. The molecule has 1 amide bonds. The lowest BCUT2D eigenvalue weighted by atomic mass is 10.2. The molecule has 0 saturated heterocycles. The summed E-state index contributed by atoms with van der Waals surface area (Å²) in [6, 6.07) is 8.05. The molecule has 0 aliphatic carbocycles. The van der Waals surface area contributed by atoms with Crippen LogP contribution < -0.4 is 10.6 Å². The Morgan fingerprint density at radius 2 is 2.20 bits per heavy atom. The molecular weight excluding hydrogens is 320 g/mol. The smallest absolute Gasteiger partial charge is 0.221 e. The van der Waals surface area contributed by atoms with Gasteiger partial charge in [-0.2, -0.15) is 0 Å². The molecule has 0 radical (unpaired) electrons. The minimum absolute atomic E-state index is 0.0701. The van der Waals surface area contributed by atoms with Gasteiger partial charge >= 0.3 is 0 Å². The number of rotatable bonds is 6. The first kappa shape index (κ1) is 15.1. The standard InChI is InChI=1S/C15H19BrN2O2/c1-3-17-15(19)6-7-18-10(2)14-9-11-8-12(16)4-5-13(11)20-14/h4-5,8-10,18H,3,6-7H2,1-2H3,(H,17,19). The van der Waals surface area contributed by atoms with Crippen molar-refractivity contribution in [2.24, 2.45) is 0 Å². The zero-order valence-corrected chi connectivity index (χ0v) is 13.3. The van der Waals surface area contributed by atoms with Crippen LogP contribution in [-0.4, -0.2) is 19.0 Å². The topological polar surface area (TPSA) is 54.3 Å². The maximum absolute atomic E-state index is 11.4. The Labute approximate surface area is 127 Å². The van der Waals surface area contributed by atoms with Crippen LogP contribution in [0, 0.1) is 0 Å². The van der Waals surface area contributed by atoms with E-state index in [1.54, 1.807) is 0 Å². The quantitative estimate of drug-likeness (QED) is 0.848. The molecule has 1 aromatic heterocycles. The van der Waals surface area contributed by atoms with Crippen LogP contribution in [0.25, 0.3) is 11.0 Å². The van der Waals surface area contributed by atoms with Gasteiger partial charge in [0.25, 0.3) is 0 Å². The average Bonchev–Trinajstić information content (AvgIpc) is 2.82. The fourth-order valence-corrected chi connectivity index (χ4v) is 2.42.